The number of nitrogens with one attached hydrogen (secondary N) is 2. The highest BCUT2D eigenvalue weighted by atomic mass is 16.5. The van der Waals surface area contributed by atoms with Crippen LogP contribution in [0, 0.1) is 29.1 Å². The van der Waals surface area contributed by atoms with Gasteiger partial charge >= 0.3 is 5.97 Å². The van der Waals surface area contributed by atoms with Crippen LogP contribution in [0.5, 0.6) is 0 Å². The molecule has 0 spiro atoms. The smallest absolute Gasteiger partial charge is 0.329 e. The molecular formula is C25H34N2O4. The summed E-state index contributed by atoms with van der Waals surface area (Å²) in [5, 5.41) is 5.76. The highest BCUT2D eigenvalue weighted by molar-refractivity contribution is 5.96. The van der Waals surface area contributed by atoms with Crippen LogP contribution >= 0.6 is 0 Å². The molecule has 4 aliphatic rings. The third kappa shape index (κ3) is 4.63. The molecule has 4 aliphatic carbocycles. The summed E-state index contributed by atoms with van der Waals surface area (Å²) in [6.45, 7) is 5.33. The number of hydrogen-bond donors (Lipinski definition) is 2. The zero-order valence-corrected chi connectivity index (χ0v) is 18.7. The van der Waals surface area contributed by atoms with E-state index in [1.165, 1.54) is 19.3 Å². The molecule has 6 nitrogen and oxygen atoms in total. The Balaban J connectivity index is 1.37. The van der Waals surface area contributed by atoms with Crippen LogP contribution < -0.4 is 10.6 Å². The fraction of sp³-hybridized carbons (Fsp3) is 0.640. The number of esters is 1. The van der Waals surface area contributed by atoms with Crippen molar-refractivity contribution in [2.75, 3.05) is 5.32 Å². The molecule has 2 amide bonds. The maximum atomic E-state index is 13.4. The summed E-state index contributed by atoms with van der Waals surface area (Å²) in [4.78, 5) is 38.7. The number of benzene rings is 1. The molecule has 1 aromatic carbocycles. The number of amides is 2. The van der Waals surface area contributed by atoms with Gasteiger partial charge in [0.1, 0.15) is 6.04 Å². The number of anilines is 1. The van der Waals surface area contributed by atoms with Crippen LogP contribution in [0.1, 0.15) is 59.3 Å². The number of hydrogen-bond acceptors (Lipinski definition) is 4. The van der Waals surface area contributed by atoms with Crippen LogP contribution in [0.3, 0.4) is 0 Å². The van der Waals surface area contributed by atoms with Crippen molar-refractivity contribution in [1.82, 2.24) is 5.32 Å². The van der Waals surface area contributed by atoms with Crippen molar-refractivity contribution in [2.45, 2.75) is 71.4 Å². The first-order valence-electron chi connectivity index (χ1n) is 11.6. The van der Waals surface area contributed by atoms with Gasteiger partial charge in [0.25, 0.3) is 5.91 Å². The number of carbonyl (C=O) groups is 3. The summed E-state index contributed by atoms with van der Waals surface area (Å²) >= 11 is 0. The van der Waals surface area contributed by atoms with E-state index in [9.17, 15) is 14.4 Å². The fourth-order valence-electron chi connectivity index (χ4n) is 6.25. The van der Waals surface area contributed by atoms with Crippen LogP contribution in [0.4, 0.5) is 5.69 Å². The summed E-state index contributed by atoms with van der Waals surface area (Å²) in [6, 6.07) is 8.29. The van der Waals surface area contributed by atoms with Crippen molar-refractivity contribution in [3.8, 4) is 0 Å². The minimum Gasteiger partial charge on any atom is -0.451 e. The highest BCUT2D eigenvalue weighted by Crippen LogP contribution is 2.60. The van der Waals surface area contributed by atoms with Crippen molar-refractivity contribution in [3.05, 3.63) is 30.3 Å². The van der Waals surface area contributed by atoms with Crippen molar-refractivity contribution in [1.29, 1.82) is 0 Å². The molecule has 6 heteroatoms. The van der Waals surface area contributed by atoms with Gasteiger partial charge in [0.15, 0.2) is 6.10 Å². The summed E-state index contributed by atoms with van der Waals surface area (Å²) in [6.07, 6.45) is 5.66. The molecule has 0 aliphatic heterocycles. The molecule has 0 aromatic heterocycles. The zero-order chi connectivity index (χ0) is 22.2. The Bertz CT molecular complexity index is 800. The maximum Gasteiger partial charge on any atom is 0.329 e. The molecule has 2 atom stereocenters. The normalized spacial score (nSPS) is 30.5. The third-order valence-corrected chi connectivity index (χ3v) is 7.43. The van der Waals surface area contributed by atoms with Gasteiger partial charge in [-0.25, -0.2) is 4.79 Å². The van der Waals surface area contributed by atoms with Crippen molar-refractivity contribution in [2.24, 2.45) is 29.1 Å². The van der Waals surface area contributed by atoms with Gasteiger partial charge in [-0.05, 0) is 81.3 Å². The van der Waals surface area contributed by atoms with E-state index in [-0.39, 0.29) is 17.2 Å². The minimum absolute atomic E-state index is 0.00337. The molecular weight excluding hydrogens is 392 g/mol. The molecule has 0 saturated heterocycles. The zero-order valence-electron chi connectivity index (χ0n) is 18.7. The largest absolute Gasteiger partial charge is 0.451 e. The predicted octanol–water partition coefficient (Wildman–Crippen LogP) is 3.91. The quantitative estimate of drug-likeness (QED) is 0.648. The van der Waals surface area contributed by atoms with Crippen LogP contribution in [-0.2, 0) is 19.1 Å². The lowest BCUT2D eigenvalue weighted by atomic mass is 9.49. The van der Waals surface area contributed by atoms with Gasteiger partial charge in [0, 0.05) is 11.1 Å². The second-order valence-electron chi connectivity index (χ2n) is 10.3. The standard InChI is InChI=1S/C25H34N2O4/c1-15(2)21(23(29)31-16(3)22(28)26-20-7-5-4-6-8-20)27-24(30)25-12-17-9-18(13-25)11-19(10-17)14-25/h4-8,15-19,21H,9-14H2,1-3H3,(H,26,28)(H,27,30)/t16-,17?,18?,19?,21+,25?/m1/s1. The topological polar surface area (TPSA) is 84.5 Å². The molecule has 168 valence electrons. The summed E-state index contributed by atoms with van der Waals surface area (Å²) in [7, 11) is 0. The monoisotopic (exact) mass is 426 g/mol. The van der Waals surface area contributed by atoms with Gasteiger partial charge in [0.2, 0.25) is 5.91 Å². The number of para-hydroxylation sites is 1. The summed E-state index contributed by atoms with van der Waals surface area (Å²) in [5.74, 6) is 0.895. The summed E-state index contributed by atoms with van der Waals surface area (Å²) in [5.41, 5.74) is 0.323. The summed E-state index contributed by atoms with van der Waals surface area (Å²) < 4.78 is 5.46. The van der Waals surface area contributed by atoms with Crippen LogP contribution in [0.2, 0.25) is 0 Å². The van der Waals surface area contributed by atoms with Crippen LogP contribution in [-0.4, -0.2) is 29.9 Å². The Labute approximate surface area is 184 Å². The molecule has 2 N–H and O–H groups in total. The van der Waals surface area contributed by atoms with E-state index in [1.807, 2.05) is 32.0 Å². The molecule has 4 bridgehead atoms. The van der Waals surface area contributed by atoms with Crippen molar-refractivity contribution in [3.63, 3.8) is 0 Å². The van der Waals surface area contributed by atoms with Gasteiger partial charge in [0.05, 0.1) is 0 Å². The lowest BCUT2D eigenvalue weighted by Gasteiger charge is -2.55. The Morgan fingerprint density at radius 2 is 1.48 bits per heavy atom. The van der Waals surface area contributed by atoms with Crippen molar-refractivity contribution >= 4 is 23.5 Å². The lowest BCUT2D eigenvalue weighted by molar-refractivity contribution is -0.160. The average molecular weight is 427 g/mol. The molecule has 0 unspecified atom stereocenters. The number of rotatable bonds is 7. The van der Waals surface area contributed by atoms with Gasteiger partial charge in [-0.2, -0.15) is 0 Å². The Hall–Kier alpha value is -2.37. The average Bonchev–Trinajstić information content (AvgIpc) is 2.71. The first-order chi connectivity index (χ1) is 14.8. The third-order valence-electron chi connectivity index (χ3n) is 7.43. The highest BCUT2D eigenvalue weighted by Gasteiger charge is 2.55. The predicted molar refractivity (Wildman–Crippen MR) is 118 cm³/mol. The second kappa shape index (κ2) is 8.64. The maximum absolute atomic E-state index is 13.4. The first-order valence-corrected chi connectivity index (χ1v) is 11.6. The Kier molecular flexibility index (Phi) is 6.09. The molecule has 4 saturated carbocycles. The van der Waals surface area contributed by atoms with E-state index in [1.54, 1.807) is 19.1 Å². The molecule has 0 radical (unpaired) electrons. The fourth-order valence-corrected chi connectivity index (χ4v) is 6.25. The van der Waals surface area contributed by atoms with Gasteiger partial charge in [-0.1, -0.05) is 32.0 Å². The number of carbonyl (C=O) groups excluding carboxylic acids is 3. The van der Waals surface area contributed by atoms with E-state index < -0.39 is 24.0 Å². The molecule has 1 aromatic rings. The molecule has 4 fully saturated rings. The molecule has 31 heavy (non-hydrogen) atoms. The van der Waals surface area contributed by atoms with Crippen LogP contribution in [0.15, 0.2) is 30.3 Å². The van der Waals surface area contributed by atoms with E-state index in [4.69, 9.17) is 4.74 Å². The van der Waals surface area contributed by atoms with Gasteiger partial charge < -0.3 is 15.4 Å². The Morgan fingerprint density at radius 1 is 0.935 bits per heavy atom. The number of ether oxygens (including phenoxy) is 1. The SMILES string of the molecule is CC(C)[C@H](NC(=O)C12CC3CC(CC(C3)C1)C2)C(=O)O[C@H](C)C(=O)Nc1ccccc1. The van der Waals surface area contributed by atoms with Gasteiger partial charge in [-0.15, -0.1) is 0 Å². The van der Waals surface area contributed by atoms with E-state index >= 15 is 0 Å². The first kappa shape index (κ1) is 21.8. The second-order valence-corrected chi connectivity index (χ2v) is 10.3. The van der Waals surface area contributed by atoms with Crippen molar-refractivity contribution < 1.29 is 19.1 Å². The van der Waals surface area contributed by atoms with E-state index in [0.717, 1.165) is 19.3 Å². The van der Waals surface area contributed by atoms with Crippen LogP contribution in [0.25, 0.3) is 0 Å². The lowest BCUT2D eigenvalue weighted by Crippen LogP contribution is -2.57. The Morgan fingerprint density at radius 3 is 2.00 bits per heavy atom. The molecule has 0 heterocycles. The minimum atomic E-state index is -0.953. The van der Waals surface area contributed by atoms with E-state index in [0.29, 0.717) is 23.4 Å². The van der Waals surface area contributed by atoms with Gasteiger partial charge in [-0.3, -0.25) is 9.59 Å². The van der Waals surface area contributed by atoms with E-state index in [2.05, 4.69) is 10.6 Å². The molecule has 5 rings (SSSR count).